The molecule has 0 spiro atoms. The van der Waals surface area contributed by atoms with Crippen LogP contribution in [0.5, 0.6) is 0 Å². The van der Waals surface area contributed by atoms with E-state index < -0.39 is 11.8 Å². The van der Waals surface area contributed by atoms with Gasteiger partial charge >= 0.3 is 0 Å². The highest BCUT2D eigenvalue weighted by Gasteiger charge is 2.39. The summed E-state index contributed by atoms with van der Waals surface area (Å²) in [6.45, 7) is 8.21. The third-order valence-corrected chi connectivity index (χ3v) is 8.03. The predicted molar refractivity (Wildman–Crippen MR) is 158 cm³/mol. The number of amides is 2. The zero-order valence-electron chi connectivity index (χ0n) is 21.8. The van der Waals surface area contributed by atoms with Crippen molar-refractivity contribution >= 4 is 51.3 Å². The van der Waals surface area contributed by atoms with Crippen molar-refractivity contribution in [1.29, 1.82) is 5.26 Å². The summed E-state index contributed by atoms with van der Waals surface area (Å²) in [7, 11) is 0. The number of thiophene rings is 1. The number of thioether (sulfide) groups is 1. The van der Waals surface area contributed by atoms with Crippen molar-refractivity contribution < 1.29 is 9.59 Å². The Bertz CT molecular complexity index is 1400. The number of nitrogens with zero attached hydrogens (tertiary/aromatic N) is 2. The van der Waals surface area contributed by atoms with E-state index in [4.69, 9.17) is 0 Å². The first-order valence-electron chi connectivity index (χ1n) is 12.3. The van der Waals surface area contributed by atoms with Crippen LogP contribution in [0.2, 0.25) is 0 Å². The van der Waals surface area contributed by atoms with Gasteiger partial charge in [-0.15, -0.1) is 0 Å². The number of carbonyl (C=O) groups excluding carboxylic acids is 2. The normalized spacial score (nSPS) is 17.4. The Labute approximate surface area is 231 Å². The molecule has 4 rings (SSSR count). The van der Waals surface area contributed by atoms with Crippen LogP contribution in [0.3, 0.4) is 0 Å². The lowest BCUT2D eigenvalue weighted by Crippen LogP contribution is -2.31. The Balaban J connectivity index is 1.54. The van der Waals surface area contributed by atoms with Gasteiger partial charge < -0.3 is 10.6 Å². The number of anilines is 2. The molecule has 1 aliphatic heterocycles. The lowest BCUT2D eigenvalue weighted by Gasteiger charge is -2.29. The average Bonchev–Trinajstić information content (AvgIpc) is 3.42. The van der Waals surface area contributed by atoms with E-state index in [1.807, 2.05) is 71.4 Å². The van der Waals surface area contributed by atoms with Crippen molar-refractivity contribution in [2.45, 2.75) is 39.0 Å². The van der Waals surface area contributed by atoms with Gasteiger partial charge in [0, 0.05) is 28.6 Å². The molecule has 1 aliphatic rings. The van der Waals surface area contributed by atoms with Gasteiger partial charge in [-0.1, -0.05) is 62.9 Å². The number of hydrogen-bond acceptors (Lipinski definition) is 6. The average molecular weight is 543 g/mol. The Morgan fingerprint density at radius 3 is 2.32 bits per heavy atom. The summed E-state index contributed by atoms with van der Waals surface area (Å²) >= 11 is 2.75. The number of nitriles is 1. The van der Waals surface area contributed by atoms with Gasteiger partial charge in [0.05, 0.1) is 16.9 Å². The fourth-order valence-electron chi connectivity index (χ4n) is 4.31. The van der Waals surface area contributed by atoms with E-state index in [1.165, 1.54) is 28.7 Å². The molecule has 2 amide bonds. The van der Waals surface area contributed by atoms with E-state index in [9.17, 15) is 14.9 Å². The summed E-state index contributed by atoms with van der Waals surface area (Å²) in [4.78, 5) is 30.8. The van der Waals surface area contributed by atoms with Crippen LogP contribution in [0.15, 0.2) is 87.7 Å². The third-order valence-electron chi connectivity index (χ3n) is 6.28. The first kappa shape index (κ1) is 27.4. The van der Waals surface area contributed by atoms with Crippen LogP contribution < -0.4 is 10.6 Å². The molecule has 0 fully saturated rings. The van der Waals surface area contributed by atoms with Crippen LogP contribution in [0.25, 0.3) is 0 Å². The molecule has 6 nitrogen and oxygen atoms in total. The minimum absolute atomic E-state index is 0.0328. The molecule has 0 saturated heterocycles. The van der Waals surface area contributed by atoms with Crippen molar-refractivity contribution in [3.8, 4) is 6.07 Å². The molecule has 2 atom stereocenters. The fraction of sp³-hybridized carbons (Fsp3) is 0.267. The number of nitrogens with one attached hydrogen (secondary N) is 2. The minimum Gasteiger partial charge on any atom is -0.325 e. The molecule has 0 saturated carbocycles. The van der Waals surface area contributed by atoms with Crippen LogP contribution in [0, 0.1) is 17.2 Å². The number of rotatable bonds is 6. The number of aliphatic imine (C=N–C) groups is 1. The van der Waals surface area contributed by atoms with Crippen molar-refractivity contribution in [3.05, 3.63) is 93.8 Å². The summed E-state index contributed by atoms with van der Waals surface area (Å²) in [5, 5.41) is 20.5. The summed E-state index contributed by atoms with van der Waals surface area (Å²) in [6.07, 6.45) is 0. The second kappa shape index (κ2) is 11.8. The molecular weight excluding hydrogens is 512 g/mol. The van der Waals surface area contributed by atoms with Gasteiger partial charge in [0.1, 0.15) is 5.92 Å². The molecule has 2 unspecified atom stereocenters. The van der Waals surface area contributed by atoms with E-state index in [0.29, 0.717) is 22.0 Å². The zero-order valence-corrected chi connectivity index (χ0v) is 23.5. The molecule has 0 aliphatic carbocycles. The highest BCUT2D eigenvalue weighted by molar-refractivity contribution is 8.14. The van der Waals surface area contributed by atoms with Gasteiger partial charge in [-0.2, -0.15) is 16.6 Å². The number of carbonyl (C=O) groups is 2. The Kier molecular flexibility index (Phi) is 8.50. The molecule has 0 radical (unpaired) electrons. The zero-order chi connectivity index (χ0) is 27.3. The van der Waals surface area contributed by atoms with Gasteiger partial charge in [0.2, 0.25) is 5.91 Å². The van der Waals surface area contributed by atoms with Gasteiger partial charge in [0.15, 0.2) is 0 Å². The third kappa shape index (κ3) is 6.42. The lowest BCUT2D eigenvalue weighted by atomic mass is 9.79. The Hall–Kier alpha value is -3.67. The van der Waals surface area contributed by atoms with Gasteiger partial charge in [-0.25, -0.2) is 4.99 Å². The molecule has 2 N–H and O–H groups in total. The molecule has 2 heterocycles. The smallest absolute Gasteiger partial charge is 0.254 e. The van der Waals surface area contributed by atoms with Crippen LogP contribution in [-0.2, 0) is 15.0 Å². The molecule has 2 aromatic carbocycles. The maximum absolute atomic E-state index is 13.4. The number of para-hydroxylation sites is 1. The van der Waals surface area contributed by atoms with Crippen LogP contribution in [-0.4, -0.2) is 22.6 Å². The Morgan fingerprint density at radius 2 is 1.71 bits per heavy atom. The molecule has 3 aromatic rings. The SMILES string of the molecule is CC1=C(C(=O)Nc2ccccc2)C(c2ccsc2)C(C#N)C(SCC(=O)Nc2ccc(C(C)(C)C)cc2)=N1. The van der Waals surface area contributed by atoms with Crippen molar-refractivity contribution in [2.75, 3.05) is 16.4 Å². The van der Waals surface area contributed by atoms with E-state index in [2.05, 4.69) is 42.5 Å². The standard InChI is InChI=1S/C30H30N4O2S2/c1-19-26(28(36)34-22-8-6-5-7-9-22)27(20-14-15-37-17-20)24(16-31)29(32-19)38-18-25(35)33-23-12-10-21(11-13-23)30(2,3)4/h5-15,17,24,27H,18H2,1-4H3,(H,33,35)(H,34,36). The Morgan fingerprint density at radius 1 is 1.03 bits per heavy atom. The summed E-state index contributed by atoms with van der Waals surface area (Å²) in [5.41, 5.74) is 4.51. The number of hydrogen-bond donors (Lipinski definition) is 2. The summed E-state index contributed by atoms with van der Waals surface area (Å²) < 4.78 is 0. The molecule has 38 heavy (non-hydrogen) atoms. The van der Waals surface area contributed by atoms with Crippen LogP contribution >= 0.6 is 23.1 Å². The van der Waals surface area contributed by atoms with Crippen molar-refractivity contribution in [1.82, 2.24) is 0 Å². The first-order chi connectivity index (χ1) is 18.2. The molecule has 1 aromatic heterocycles. The maximum atomic E-state index is 13.4. The second-order valence-corrected chi connectivity index (χ2v) is 11.9. The predicted octanol–water partition coefficient (Wildman–Crippen LogP) is 6.97. The van der Waals surface area contributed by atoms with Gasteiger partial charge in [-0.05, 0) is 64.6 Å². The fourth-order valence-corrected chi connectivity index (χ4v) is 5.93. The monoisotopic (exact) mass is 542 g/mol. The summed E-state index contributed by atoms with van der Waals surface area (Å²) in [6, 6.07) is 21.3. The van der Waals surface area contributed by atoms with Crippen LogP contribution in [0.1, 0.15) is 44.7 Å². The maximum Gasteiger partial charge on any atom is 0.254 e. The topological polar surface area (TPSA) is 94.4 Å². The first-order valence-corrected chi connectivity index (χ1v) is 14.2. The highest BCUT2D eigenvalue weighted by Crippen LogP contribution is 2.42. The largest absolute Gasteiger partial charge is 0.325 e. The van der Waals surface area contributed by atoms with E-state index in [-0.39, 0.29) is 23.0 Å². The number of allylic oxidation sites excluding steroid dienone is 1. The van der Waals surface area contributed by atoms with Gasteiger partial charge in [0.25, 0.3) is 5.91 Å². The van der Waals surface area contributed by atoms with Gasteiger partial charge in [-0.3, -0.25) is 9.59 Å². The molecule has 194 valence electrons. The highest BCUT2D eigenvalue weighted by atomic mass is 32.2. The van der Waals surface area contributed by atoms with Crippen molar-refractivity contribution in [2.24, 2.45) is 10.9 Å². The molecular formula is C30H30N4O2S2. The number of benzene rings is 2. The van der Waals surface area contributed by atoms with Crippen molar-refractivity contribution in [3.63, 3.8) is 0 Å². The second-order valence-electron chi connectivity index (χ2n) is 10.1. The lowest BCUT2D eigenvalue weighted by molar-refractivity contribution is -0.114. The van der Waals surface area contributed by atoms with E-state index >= 15 is 0 Å². The summed E-state index contributed by atoms with van der Waals surface area (Å²) in [5.74, 6) is -1.53. The van der Waals surface area contributed by atoms with Crippen LogP contribution in [0.4, 0.5) is 11.4 Å². The molecule has 8 heteroatoms. The molecule has 0 bridgehead atoms. The van der Waals surface area contributed by atoms with E-state index in [0.717, 1.165) is 11.3 Å². The quantitative estimate of drug-likeness (QED) is 0.352. The van der Waals surface area contributed by atoms with E-state index in [1.54, 1.807) is 6.92 Å². The minimum atomic E-state index is -0.686.